The molecule has 2 bridgehead atoms. The van der Waals surface area contributed by atoms with Gasteiger partial charge in [-0.15, -0.1) is 0 Å². The van der Waals surface area contributed by atoms with Gasteiger partial charge in [0.05, 0.1) is 5.92 Å². The summed E-state index contributed by atoms with van der Waals surface area (Å²) in [5, 5.41) is 9.10. The number of rotatable bonds is 3. The first-order valence-electron chi connectivity index (χ1n) is 5.40. The Kier molecular flexibility index (Phi) is 2.33. The molecule has 2 rings (SSSR count). The van der Waals surface area contributed by atoms with E-state index in [1.165, 1.54) is 0 Å². The van der Waals surface area contributed by atoms with Gasteiger partial charge >= 0.3 is 5.97 Å². The highest BCUT2D eigenvalue weighted by Crippen LogP contribution is 2.52. The van der Waals surface area contributed by atoms with Crippen molar-refractivity contribution in [1.29, 1.82) is 0 Å². The molecule has 0 aromatic carbocycles. The first kappa shape index (κ1) is 9.69. The Balaban J connectivity index is 2.21. The molecular weight excluding hydrogens is 180 g/mol. The SMILES string of the molecule is CCC(=O)[C@@H]1[C@H]2CC[C@H](C2)[C@@H]1C(=O)O. The van der Waals surface area contributed by atoms with E-state index >= 15 is 0 Å². The third-order valence-electron chi connectivity index (χ3n) is 3.92. The third kappa shape index (κ3) is 1.26. The zero-order chi connectivity index (χ0) is 10.3. The molecule has 0 aromatic rings. The number of carboxylic acids is 1. The van der Waals surface area contributed by atoms with Crippen LogP contribution in [0.25, 0.3) is 0 Å². The summed E-state index contributed by atoms with van der Waals surface area (Å²) >= 11 is 0. The van der Waals surface area contributed by atoms with Crippen molar-refractivity contribution in [3.63, 3.8) is 0 Å². The van der Waals surface area contributed by atoms with Gasteiger partial charge in [0.2, 0.25) is 0 Å². The zero-order valence-electron chi connectivity index (χ0n) is 8.40. The van der Waals surface area contributed by atoms with E-state index in [1.54, 1.807) is 0 Å². The quantitative estimate of drug-likeness (QED) is 0.747. The van der Waals surface area contributed by atoms with Crippen LogP contribution in [0.2, 0.25) is 0 Å². The molecule has 14 heavy (non-hydrogen) atoms. The molecule has 4 atom stereocenters. The van der Waals surface area contributed by atoms with Crippen molar-refractivity contribution < 1.29 is 14.7 Å². The Hall–Kier alpha value is -0.860. The van der Waals surface area contributed by atoms with Crippen LogP contribution in [0, 0.1) is 23.7 Å². The van der Waals surface area contributed by atoms with Crippen molar-refractivity contribution in [1.82, 2.24) is 0 Å². The van der Waals surface area contributed by atoms with Crippen LogP contribution in [0.4, 0.5) is 0 Å². The highest BCUT2D eigenvalue weighted by molar-refractivity contribution is 5.87. The number of hydrogen-bond donors (Lipinski definition) is 1. The van der Waals surface area contributed by atoms with Gasteiger partial charge in [0, 0.05) is 12.3 Å². The fourth-order valence-electron chi connectivity index (χ4n) is 3.35. The molecule has 0 radical (unpaired) electrons. The van der Waals surface area contributed by atoms with Gasteiger partial charge in [-0.25, -0.2) is 0 Å². The summed E-state index contributed by atoms with van der Waals surface area (Å²) in [4.78, 5) is 22.7. The van der Waals surface area contributed by atoms with Crippen LogP contribution in [0.1, 0.15) is 32.6 Å². The molecule has 2 aliphatic carbocycles. The average molecular weight is 196 g/mol. The van der Waals surface area contributed by atoms with E-state index in [-0.39, 0.29) is 23.5 Å². The fraction of sp³-hybridized carbons (Fsp3) is 0.818. The summed E-state index contributed by atoms with van der Waals surface area (Å²) in [6, 6.07) is 0. The Labute approximate surface area is 83.5 Å². The van der Waals surface area contributed by atoms with Gasteiger partial charge in [-0.1, -0.05) is 6.92 Å². The molecule has 0 aliphatic heterocycles. The van der Waals surface area contributed by atoms with Gasteiger partial charge in [-0.3, -0.25) is 9.59 Å². The second-order valence-electron chi connectivity index (χ2n) is 4.54. The Morgan fingerprint density at radius 3 is 2.29 bits per heavy atom. The number of Topliss-reactive ketones (excluding diaryl/α,β-unsaturated/α-hetero) is 1. The monoisotopic (exact) mass is 196 g/mol. The van der Waals surface area contributed by atoms with E-state index < -0.39 is 5.97 Å². The lowest BCUT2D eigenvalue weighted by atomic mass is 9.76. The zero-order valence-corrected chi connectivity index (χ0v) is 8.40. The van der Waals surface area contributed by atoms with Gasteiger partial charge in [0.15, 0.2) is 0 Å². The van der Waals surface area contributed by atoms with Gasteiger partial charge < -0.3 is 5.11 Å². The number of fused-ring (bicyclic) bond motifs is 2. The molecule has 3 heteroatoms. The second kappa shape index (κ2) is 3.37. The van der Waals surface area contributed by atoms with Gasteiger partial charge in [0.1, 0.15) is 5.78 Å². The van der Waals surface area contributed by atoms with Crippen LogP contribution in [0.5, 0.6) is 0 Å². The van der Waals surface area contributed by atoms with Crippen LogP contribution in [0.15, 0.2) is 0 Å². The van der Waals surface area contributed by atoms with Crippen molar-refractivity contribution in [3.05, 3.63) is 0 Å². The van der Waals surface area contributed by atoms with Gasteiger partial charge in [-0.05, 0) is 31.1 Å². The topological polar surface area (TPSA) is 54.4 Å². The summed E-state index contributed by atoms with van der Waals surface area (Å²) in [6.45, 7) is 1.83. The Morgan fingerprint density at radius 1 is 1.21 bits per heavy atom. The lowest BCUT2D eigenvalue weighted by Gasteiger charge is -2.26. The lowest BCUT2D eigenvalue weighted by molar-refractivity contribution is -0.148. The summed E-state index contributed by atoms with van der Waals surface area (Å²) < 4.78 is 0. The Bertz CT molecular complexity index is 272. The molecule has 78 valence electrons. The Morgan fingerprint density at radius 2 is 1.79 bits per heavy atom. The first-order chi connectivity index (χ1) is 6.65. The predicted octanol–water partition coefficient (Wildman–Crippen LogP) is 1.71. The van der Waals surface area contributed by atoms with Crippen LogP contribution >= 0.6 is 0 Å². The van der Waals surface area contributed by atoms with Crippen LogP contribution in [-0.4, -0.2) is 16.9 Å². The maximum Gasteiger partial charge on any atom is 0.307 e. The average Bonchev–Trinajstić information content (AvgIpc) is 2.74. The summed E-state index contributed by atoms with van der Waals surface area (Å²) in [6.07, 6.45) is 3.52. The standard InChI is InChI=1S/C11H16O3/c1-2-8(12)9-6-3-4-7(5-6)10(9)11(13)14/h6-7,9-10H,2-5H2,1H3,(H,13,14)/t6-,7+,9-,10-/m0/s1. The summed E-state index contributed by atoms with van der Waals surface area (Å²) in [5.74, 6) is -0.502. The third-order valence-corrected chi connectivity index (χ3v) is 3.92. The number of aliphatic carboxylic acids is 1. The summed E-state index contributed by atoms with van der Waals surface area (Å²) in [5.41, 5.74) is 0. The molecule has 2 saturated carbocycles. The fourth-order valence-corrected chi connectivity index (χ4v) is 3.35. The predicted molar refractivity (Wildman–Crippen MR) is 50.7 cm³/mol. The van der Waals surface area contributed by atoms with E-state index in [0.717, 1.165) is 19.3 Å². The van der Waals surface area contributed by atoms with Gasteiger partial charge in [0.25, 0.3) is 0 Å². The summed E-state index contributed by atoms with van der Waals surface area (Å²) in [7, 11) is 0. The second-order valence-corrected chi connectivity index (χ2v) is 4.54. The van der Waals surface area contributed by atoms with Crippen LogP contribution in [0.3, 0.4) is 0 Å². The molecular formula is C11H16O3. The minimum absolute atomic E-state index is 0.157. The number of hydrogen-bond acceptors (Lipinski definition) is 2. The molecule has 0 amide bonds. The van der Waals surface area contributed by atoms with Crippen LogP contribution in [-0.2, 0) is 9.59 Å². The highest BCUT2D eigenvalue weighted by atomic mass is 16.4. The highest BCUT2D eigenvalue weighted by Gasteiger charge is 2.53. The maximum atomic E-state index is 11.7. The molecule has 0 saturated heterocycles. The van der Waals surface area contributed by atoms with Crippen molar-refractivity contribution in [2.75, 3.05) is 0 Å². The molecule has 0 unspecified atom stereocenters. The molecule has 1 N–H and O–H groups in total. The number of carboxylic acid groups (broad SMARTS) is 1. The molecule has 0 heterocycles. The van der Waals surface area contributed by atoms with E-state index in [2.05, 4.69) is 0 Å². The number of ketones is 1. The molecule has 2 fully saturated rings. The van der Waals surface area contributed by atoms with Crippen molar-refractivity contribution >= 4 is 11.8 Å². The van der Waals surface area contributed by atoms with E-state index in [0.29, 0.717) is 12.3 Å². The largest absolute Gasteiger partial charge is 0.481 e. The molecule has 0 aromatic heterocycles. The van der Waals surface area contributed by atoms with Crippen LogP contribution < -0.4 is 0 Å². The molecule has 0 spiro atoms. The minimum atomic E-state index is -0.760. The van der Waals surface area contributed by atoms with Crippen molar-refractivity contribution in [2.24, 2.45) is 23.7 Å². The maximum absolute atomic E-state index is 11.7. The van der Waals surface area contributed by atoms with E-state index in [4.69, 9.17) is 5.11 Å². The molecule has 3 nitrogen and oxygen atoms in total. The minimum Gasteiger partial charge on any atom is -0.481 e. The van der Waals surface area contributed by atoms with Crippen molar-refractivity contribution in [3.8, 4) is 0 Å². The molecule has 2 aliphatic rings. The van der Waals surface area contributed by atoms with Gasteiger partial charge in [-0.2, -0.15) is 0 Å². The van der Waals surface area contributed by atoms with E-state index in [9.17, 15) is 9.59 Å². The normalized spacial score (nSPS) is 40.1. The smallest absolute Gasteiger partial charge is 0.307 e. The number of carbonyl (C=O) groups is 2. The van der Waals surface area contributed by atoms with E-state index in [1.807, 2.05) is 6.92 Å². The lowest BCUT2D eigenvalue weighted by Crippen LogP contribution is -2.34. The first-order valence-corrected chi connectivity index (χ1v) is 5.40. The van der Waals surface area contributed by atoms with Crippen molar-refractivity contribution in [2.45, 2.75) is 32.6 Å². The number of carbonyl (C=O) groups excluding carboxylic acids is 1.